The van der Waals surface area contributed by atoms with Crippen molar-refractivity contribution in [2.75, 3.05) is 0 Å². The monoisotopic (exact) mass is 242 g/mol. The van der Waals surface area contributed by atoms with Crippen molar-refractivity contribution in [3.05, 3.63) is 54.1 Å². The molecule has 0 aliphatic heterocycles. The van der Waals surface area contributed by atoms with Crippen LogP contribution in [0.4, 0.5) is 13.2 Å². The van der Waals surface area contributed by atoms with Crippen molar-refractivity contribution >= 4 is 6.08 Å². The van der Waals surface area contributed by atoms with Crippen molar-refractivity contribution in [3.63, 3.8) is 0 Å². The molecule has 1 rings (SSSR count). The van der Waals surface area contributed by atoms with E-state index in [9.17, 15) is 18.3 Å². The second kappa shape index (κ2) is 5.68. The Balaban J connectivity index is 2.95. The molecule has 0 heterocycles. The highest BCUT2D eigenvalue weighted by molar-refractivity contribution is 5.55. The summed E-state index contributed by atoms with van der Waals surface area (Å²) in [4.78, 5) is 0. The highest BCUT2D eigenvalue weighted by Crippen LogP contribution is 2.32. The average Bonchev–Trinajstić information content (AvgIpc) is 2.26. The summed E-state index contributed by atoms with van der Waals surface area (Å²) in [6.07, 6.45) is -0.781. The van der Waals surface area contributed by atoms with Crippen LogP contribution in [0.3, 0.4) is 0 Å². The van der Waals surface area contributed by atoms with Gasteiger partial charge in [0, 0.05) is 0 Å². The molecule has 1 aromatic rings. The Morgan fingerprint density at radius 1 is 1.29 bits per heavy atom. The van der Waals surface area contributed by atoms with Crippen molar-refractivity contribution in [2.24, 2.45) is 0 Å². The number of rotatable bonds is 4. The minimum absolute atomic E-state index is 0.0445. The van der Waals surface area contributed by atoms with E-state index in [0.717, 1.165) is 6.07 Å². The van der Waals surface area contributed by atoms with Gasteiger partial charge in [-0.3, -0.25) is 0 Å². The number of halogens is 3. The van der Waals surface area contributed by atoms with Crippen LogP contribution in [-0.2, 0) is 6.18 Å². The molecular weight excluding hydrogens is 229 g/mol. The van der Waals surface area contributed by atoms with Gasteiger partial charge in [-0.1, -0.05) is 36.4 Å². The quantitative estimate of drug-likeness (QED) is 0.799. The van der Waals surface area contributed by atoms with Crippen molar-refractivity contribution in [1.82, 2.24) is 0 Å². The van der Waals surface area contributed by atoms with Gasteiger partial charge >= 0.3 is 6.18 Å². The molecule has 0 radical (unpaired) electrons. The summed E-state index contributed by atoms with van der Waals surface area (Å²) in [7, 11) is 0. The van der Waals surface area contributed by atoms with Gasteiger partial charge in [0.25, 0.3) is 0 Å². The van der Waals surface area contributed by atoms with Gasteiger partial charge in [-0.15, -0.1) is 6.58 Å². The Kier molecular flexibility index (Phi) is 4.52. The molecule has 1 aromatic carbocycles. The number of aliphatic hydroxyl groups is 1. The van der Waals surface area contributed by atoms with Crippen LogP contribution in [0.1, 0.15) is 17.5 Å². The van der Waals surface area contributed by atoms with E-state index in [1.165, 1.54) is 36.4 Å². The van der Waals surface area contributed by atoms with Gasteiger partial charge in [-0.05, 0) is 18.1 Å². The maximum Gasteiger partial charge on any atom is 0.416 e. The van der Waals surface area contributed by atoms with Crippen LogP contribution in [0.15, 0.2) is 43.0 Å². The highest BCUT2D eigenvalue weighted by Gasteiger charge is 2.32. The first kappa shape index (κ1) is 13.5. The van der Waals surface area contributed by atoms with Crippen LogP contribution in [-0.4, -0.2) is 11.2 Å². The smallest absolute Gasteiger partial charge is 0.389 e. The molecule has 17 heavy (non-hydrogen) atoms. The SMILES string of the molecule is C=CCC(O)/C=C/c1ccccc1C(F)(F)F. The summed E-state index contributed by atoms with van der Waals surface area (Å²) in [5.74, 6) is 0. The topological polar surface area (TPSA) is 20.2 Å². The summed E-state index contributed by atoms with van der Waals surface area (Å²) in [6.45, 7) is 3.44. The Morgan fingerprint density at radius 2 is 1.94 bits per heavy atom. The van der Waals surface area contributed by atoms with Crippen LogP contribution >= 0.6 is 0 Å². The fraction of sp³-hybridized carbons (Fsp3) is 0.231. The summed E-state index contributed by atoms with van der Waals surface area (Å²) < 4.78 is 37.8. The molecule has 1 nitrogen and oxygen atoms in total. The maximum atomic E-state index is 12.6. The van der Waals surface area contributed by atoms with Crippen molar-refractivity contribution in [2.45, 2.75) is 18.7 Å². The minimum atomic E-state index is -4.38. The molecule has 0 saturated carbocycles. The molecule has 1 atom stereocenters. The van der Waals surface area contributed by atoms with Gasteiger partial charge in [0.1, 0.15) is 0 Å². The second-order valence-corrected chi connectivity index (χ2v) is 3.54. The van der Waals surface area contributed by atoms with Crippen molar-refractivity contribution in [3.8, 4) is 0 Å². The molecule has 0 saturated heterocycles. The Bertz CT molecular complexity index is 407. The molecule has 0 aliphatic carbocycles. The van der Waals surface area contributed by atoms with Gasteiger partial charge in [0.2, 0.25) is 0 Å². The summed E-state index contributed by atoms with van der Waals surface area (Å²) in [5.41, 5.74) is -0.662. The molecule has 0 aromatic heterocycles. The van der Waals surface area contributed by atoms with Crippen LogP contribution in [0, 0.1) is 0 Å². The molecule has 1 unspecified atom stereocenters. The van der Waals surface area contributed by atoms with Crippen LogP contribution in [0.2, 0.25) is 0 Å². The Hall–Kier alpha value is -1.55. The lowest BCUT2D eigenvalue weighted by atomic mass is 10.1. The number of hydrogen-bond acceptors (Lipinski definition) is 1. The fourth-order valence-electron chi connectivity index (χ4n) is 1.36. The van der Waals surface area contributed by atoms with E-state index in [-0.39, 0.29) is 5.56 Å². The van der Waals surface area contributed by atoms with Gasteiger partial charge in [-0.2, -0.15) is 13.2 Å². The Morgan fingerprint density at radius 3 is 2.53 bits per heavy atom. The maximum absolute atomic E-state index is 12.6. The van der Waals surface area contributed by atoms with E-state index < -0.39 is 17.8 Å². The highest BCUT2D eigenvalue weighted by atomic mass is 19.4. The number of hydrogen-bond donors (Lipinski definition) is 1. The first-order chi connectivity index (χ1) is 7.95. The lowest BCUT2D eigenvalue weighted by Gasteiger charge is -2.10. The fourth-order valence-corrected chi connectivity index (χ4v) is 1.36. The van der Waals surface area contributed by atoms with E-state index in [0.29, 0.717) is 6.42 Å². The largest absolute Gasteiger partial charge is 0.416 e. The molecule has 0 fully saturated rings. The van der Waals surface area contributed by atoms with E-state index in [2.05, 4.69) is 6.58 Å². The molecular formula is C13H13F3O. The van der Waals surface area contributed by atoms with E-state index in [1.807, 2.05) is 0 Å². The molecule has 4 heteroatoms. The molecule has 92 valence electrons. The van der Waals surface area contributed by atoms with Crippen molar-refractivity contribution < 1.29 is 18.3 Å². The molecule has 0 amide bonds. The predicted molar refractivity (Wildman–Crippen MR) is 61.3 cm³/mol. The number of aliphatic hydroxyl groups excluding tert-OH is 1. The molecule has 1 N–H and O–H groups in total. The first-order valence-corrected chi connectivity index (χ1v) is 5.08. The zero-order valence-electron chi connectivity index (χ0n) is 9.11. The van der Waals surface area contributed by atoms with Crippen LogP contribution in [0.25, 0.3) is 6.08 Å². The van der Waals surface area contributed by atoms with E-state index >= 15 is 0 Å². The average molecular weight is 242 g/mol. The van der Waals surface area contributed by atoms with Gasteiger partial charge in [0.15, 0.2) is 0 Å². The van der Waals surface area contributed by atoms with E-state index in [4.69, 9.17) is 0 Å². The second-order valence-electron chi connectivity index (χ2n) is 3.54. The first-order valence-electron chi connectivity index (χ1n) is 5.08. The van der Waals surface area contributed by atoms with Gasteiger partial charge in [0.05, 0.1) is 11.7 Å². The third kappa shape index (κ3) is 4.07. The van der Waals surface area contributed by atoms with Gasteiger partial charge in [-0.25, -0.2) is 0 Å². The zero-order chi connectivity index (χ0) is 12.9. The Labute approximate surface area is 97.9 Å². The van der Waals surface area contributed by atoms with E-state index in [1.54, 1.807) is 0 Å². The normalized spacial score (nSPS) is 13.9. The lowest BCUT2D eigenvalue weighted by Crippen LogP contribution is -2.07. The summed E-state index contributed by atoms with van der Waals surface area (Å²) in [5, 5.41) is 9.36. The molecule has 0 spiro atoms. The van der Waals surface area contributed by atoms with Crippen molar-refractivity contribution in [1.29, 1.82) is 0 Å². The third-order valence-corrected chi connectivity index (χ3v) is 2.17. The summed E-state index contributed by atoms with van der Waals surface area (Å²) in [6, 6.07) is 5.23. The third-order valence-electron chi connectivity index (χ3n) is 2.17. The number of alkyl halides is 3. The van der Waals surface area contributed by atoms with Crippen LogP contribution in [0.5, 0.6) is 0 Å². The molecule has 0 bridgehead atoms. The predicted octanol–water partition coefficient (Wildman–Crippen LogP) is 3.66. The van der Waals surface area contributed by atoms with Gasteiger partial charge < -0.3 is 5.11 Å². The minimum Gasteiger partial charge on any atom is -0.389 e. The zero-order valence-corrected chi connectivity index (χ0v) is 9.11. The lowest BCUT2D eigenvalue weighted by molar-refractivity contribution is -0.137. The summed E-state index contributed by atoms with van der Waals surface area (Å²) >= 11 is 0. The molecule has 0 aliphatic rings. The number of benzene rings is 1. The standard InChI is InChI=1S/C13H13F3O/c1-2-5-11(17)9-8-10-6-3-4-7-12(10)13(14,15)16/h2-4,6-9,11,17H,1,5H2/b9-8+. The van der Waals surface area contributed by atoms with Crippen LogP contribution < -0.4 is 0 Å².